The Morgan fingerprint density at radius 2 is 2.12 bits per heavy atom. The molecule has 2 rings (SSSR count). The van der Waals surface area contributed by atoms with Crippen molar-refractivity contribution in [3.05, 3.63) is 33.8 Å². The Morgan fingerprint density at radius 1 is 1.41 bits per heavy atom. The molecular weight excluding hydrogens is 273 g/mol. The van der Waals surface area contributed by atoms with Gasteiger partial charge in [-0.15, -0.1) is 0 Å². The lowest BCUT2D eigenvalue weighted by Gasteiger charge is -2.23. The Hall–Kier alpha value is 0.110. The van der Waals surface area contributed by atoms with Crippen molar-refractivity contribution >= 4 is 35.0 Å². The third kappa shape index (κ3) is 3.31. The first kappa shape index (κ1) is 13.5. The van der Waals surface area contributed by atoms with E-state index < -0.39 is 0 Å². The zero-order valence-electron chi connectivity index (χ0n) is 9.88. The van der Waals surface area contributed by atoms with Gasteiger partial charge in [0.1, 0.15) is 0 Å². The molecule has 1 nitrogen and oxygen atoms in total. The lowest BCUT2D eigenvalue weighted by molar-refractivity contribution is 0.404. The average Bonchev–Trinajstić information content (AvgIpc) is 2.82. The Morgan fingerprint density at radius 3 is 2.65 bits per heavy atom. The van der Waals surface area contributed by atoms with Crippen molar-refractivity contribution in [2.45, 2.75) is 18.9 Å². The van der Waals surface area contributed by atoms with Crippen LogP contribution in [0.3, 0.4) is 0 Å². The number of nitrogens with one attached hydrogen (secondary N) is 1. The Balaban J connectivity index is 2.12. The summed E-state index contributed by atoms with van der Waals surface area (Å²) in [6, 6.07) is 6.20. The molecule has 1 aromatic rings. The molecule has 17 heavy (non-hydrogen) atoms. The standard InChI is InChI=1S/C13H17Cl2NS/c1-16-13(9-5-6-17-8-9)7-10-11(14)3-2-4-12(10)15/h2-4,9,13,16H,5-8H2,1H3. The molecule has 1 N–H and O–H groups in total. The molecule has 94 valence electrons. The summed E-state index contributed by atoms with van der Waals surface area (Å²) in [5.41, 5.74) is 1.08. The summed E-state index contributed by atoms with van der Waals surface area (Å²) >= 11 is 14.5. The molecule has 0 bridgehead atoms. The van der Waals surface area contributed by atoms with E-state index in [2.05, 4.69) is 5.32 Å². The molecule has 2 atom stereocenters. The van der Waals surface area contributed by atoms with Gasteiger partial charge in [-0.25, -0.2) is 0 Å². The van der Waals surface area contributed by atoms with Gasteiger partial charge in [-0.3, -0.25) is 0 Å². The second kappa shape index (κ2) is 6.33. The topological polar surface area (TPSA) is 12.0 Å². The first-order chi connectivity index (χ1) is 8.22. The predicted octanol–water partition coefficient (Wildman–Crippen LogP) is 3.88. The Labute approximate surface area is 117 Å². The highest BCUT2D eigenvalue weighted by atomic mass is 35.5. The highest BCUT2D eigenvalue weighted by molar-refractivity contribution is 7.99. The van der Waals surface area contributed by atoms with Crippen LogP contribution in [0.5, 0.6) is 0 Å². The molecule has 1 aromatic carbocycles. The first-order valence-electron chi connectivity index (χ1n) is 5.90. The van der Waals surface area contributed by atoms with Crippen LogP contribution in [0.2, 0.25) is 10.0 Å². The van der Waals surface area contributed by atoms with Crippen molar-refractivity contribution in [1.29, 1.82) is 0 Å². The molecule has 2 unspecified atom stereocenters. The molecule has 0 aromatic heterocycles. The molecule has 4 heteroatoms. The second-order valence-corrected chi connectivity index (χ2v) is 6.39. The smallest absolute Gasteiger partial charge is 0.0453 e. The molecule has 1 saturated heterocycles. The summed E-state index contributed by atoms with van der Waals surface area (Å²) < 4.78 is 0. The zero-order chi connectivity index (χ0) is 12.3. The minimum atomic E-state index is 0.474. The minimum absolute atomic E-state index is 0.474. The van der Waals surface area contributed by atoms with Crippen LogP contribution in [-0.4, -0.2) is 24.6 Å². The van der Waals surface area contributed by atoms with Crippen molar-refractivity contribution in [3.8, 4) is 0 Å². The van der Waals surface area contributed by atoms with Crippen LogP contribution >= 0.6 is 35.0 Å². The molecule has 0 spiro atoms. The van der Waals surface area contributed by atoms with Gasteiger partial charge in [-0.05, 0) is 55.0 Å². The monoisotopic (exact) mass is 289 g/mol. The highest BCUT2D eigenvalue weighted by Gasteiger charge is 2.25. The third-order valence-electron chi connectivity index (χ3n) is 3.39. The average molecular weight is 290 g/mol. The number of rotatable bonds is 4. The number of hydrogen-bond acceptors (Lipinski definition) is 2. The molecule has 1 fully saturated rings. The van der Waals surface area contributed by atoms with E-state index >= 15 is 0 Å². The van der Waals surface area contributed by atoms with Gasteiger partial charge in [-0.2, -0.15) is 11.8 Å². The fourth-order valence-corrected chi connectivity index (χ4v) is 4.21. The molecule has 1 aliphatic heterocycles. The van der Waals surface area contributed by atoms with Gasteiger partial charge in [0.2, 0.25) is 0 Å². The van der Waals surface area contributed by atoms with Gasteiger partial charge in [0.15, 0.2) is 0 Å². The second-order valence-electron chi connectivity index (χ2n) is 4.42. The fourth-order valence-electron chi connectivity index (χ4n) is 2.32. The molecule has 1 heterocycles. The number of halogens is 2. The van der Waals surface area contributed by atoms with Gasteiger partial charge in [0, 0.05) is 16.1 Å². The van der Waals surface area contributed by atoms with Crippen molar-refractivity contribution in [3.63, 3.8) is 0 Å². The maximum atomic E-state index is 6.22. The third-order valence-corrected chi connectivity index (χ3v) is 5.29. The lowest BCUT2D eigenvalue weighted by atomic mass is 9.93. The van der Waals surface area contributed by atoms with Crippen LogP contribution < -0.4 is 5.32 Å². The Kier molecular flexibility index (Phi) is 5.04. The maximum absolute atomic E-state index is 6.22. The molecule has 0 aliphatic carbocycles. The van der Waals surface area contributed by atoms with E-state index in [-0.39, 0.29) is 0 Å². The normalized spacial score (nSPS) is 21.7. The number of benzene rings is 1. The van der Waals surface area contributed by atoms with Crippen molar-refractivity contribution in [2.75, 3.05) is 18.6 Å². The first-order valence-corrected chi connectivity index (χ1v) is 7.81. The van der Waals surface area contributed by atoms with E-state index in [1.807, 2.05) is 37.0 Å². The molecular formula is C13H17Cl2NS. The fraction of sp³-hybridized carbons (Fsp3) is 0.538. The number of likely N-dealkylation sites (N-methyl/N-ethyl adjacent to an activating group) is 1. The van der Waals surface area contributed by atoms with Gasteiger partial charge in [-0.1, -0.05) is 29.3 Å². The van der Waals surface area contributed by atoms with Crippen molar-refractivity contribution in [2.24, 2.45) is 5.92 Å². The van der Waals surface area contributed by atoms with Crippen molar-refractivity contribution in [1.82, 2.24) is 5.32 Å². The summed E-state index contributed by atoms with van der Waals surface area (Å²) in [6.07, 6.45) is 2.21. The largest absolute Gasteiger partial charge is 0.316 e. The maximum Gasteiger partial charge on any atom is 0.0453 e. The van der Waals surface area contributed by atoms with Gasteiger partial charge in [0.25, 0.3) is 0 Å². The van der Waals surface area contributed by atoms with E-state index in [0.29, 0.717) is 6.04 Å². The summed E-state index contributed by atoms with van der Waals surface area (Å²) in [4.78, 5) is 0. The summed E-state index contributed by atoms with van der Waals surface area (Å²) in [6.45, 7) is 0. The van der Waals surface area contributed by atoms with E-state index in [9.17, 15) is 0 Å². The molecule has 0 radical (unpaired) electrons. The van der Waals surface area contributed by atoms with Crippen LogP contribution in [0.25, 0.3) is 0 Å². The van der Waals surface area contributed by atoms with Crippen molar-refractivity contribution < 1.29 is 0 Å². The minimum Gasteiger partial charge on any atom is -0.316 e. The van der Waals surface area contributed by atoms with Gasteiger partial charge >= 0.3 is 0 Å². The Bertz CT molecular complexity index is 357. The molecule has 0 saturated carbocycles. The predicted molar refractivity (Wildman–Crippen MR) is 78.4 cm³/mol. The highest BCUT2D eigenvalue weighted by Crippen LogP contribution is 2.31. The number of thioether (sulfide) groups is 1. The van der Waals surface area contributed by atoms with Crippen LogP contribution in [0.15, 0.2) is 18.2 Å². The summed E-state index contributed by atoms with van der Waals surface area (Å²) in [7, 11) is 2.03. The SMILES string of the molecule is CNC(Cc1c(Cl)cccc1Cl)C1CCSC1. The number of hydrogen-bond donors (Lipinski definition) is 1. The zero-order valence-corrected chi connectivity index (χ0v) is 12.2. The van der Waals surface area contributed by atoms with Crippen LogP contribution in [-0.2, 0) is 6.42 Å². The van der Waals surface area contributed by atoms with Crippen LogP contribution in [0.1, 0.15) is 12.0 Å². The van der Waals surface area contributed by atoms with E-state index in [1.165, 1.54) is 17.9 Å². The van der Waals surface area contributed by atoms with E-state index in [0.717, 1.165) is 27.9 Å². The van der Waals surface area contributed by atoms with Gasteiger partial charge < -0.3 is 5.32 Å². The van der Waals surface area contributed by atoms with Gasteiger partial charge in [0.05, 0.1) is 0 Å². The van der Waals surface area contributed by atoms with Crippen LogP contribution in [0, 0.1) is 5.92 Å². The van der Waals surface area contributed by atoms with Crippen LogP contribution in [0.4, 0.5) is 0 Å². The van der Waals surface area contributed by atoms with E-state index in [4.69, 9.17) is 23.2 Å². The molecule has 1 aliphatic rings. The molecule has 0 amide bonds. The quantitative estimate of drug-likeness (QED) is 0.903. The summed E-state index contributed by atoms with van der Waals surface area (Å²) in [5, 5.41) is 4.98. The lowest BCUT2D eigenvalue weighted by Crippen LogP contribution is -2.35. The summed E-state index contributed by atoms with van der Waals surface area (Å²) in [5.74, 6) is 3.25. The van der Waals surface area contributed by atoms with E-state index in [1.54, 1.807) is 0 Å².